The Hall–Kier alpha value is -2.75. The van der Waals surface area contributed by atoms with E-state index in [9.17, 15) is 9.18 Å². The van der Waals surface area contributed by atoms with Gasteiger partial charge in [0.2, 0.25) is 5.90 Å². The van der Waals surface area contributed by atoms with Gasteiger partial charge in [-0.05, 0) is 47.4 Å². The number of halogens is 1. The van der Waals surface area contributed by atoms with Gasteiger partial charge in [0, 0.05) is 5.56 Å². The number of rotatable bonds is 3. The van der Waals surface area contributed by atoms with E-state index >= 15 is 0 Å². The number of hydrogen-bond acceptors (Lipinski definition) is 3. The van der Waals surface area contributed by atoms with Crippen molar-refractivity contribution in [2.45, 2.75) is 19.8 Å². The van der Waals surface area contributed by atoms with E-state index in [-0.39, 0.29) is 17.4 Å². The van der Waals surface area contributed by atoms with Gasteiger partial charge in [-0.1, -0.05) is 38.1 Å². The summed E-state index contributed by atoms with van der Waals surface area (Å²) in [4.78, 5) is 16.1. The molecular formula is C19H16FNO2. The molecule has 0 saturated heterocycles. The predicted molar refractivity (Wildman–Crippen MR) is 87.5 cm³/mol. The normalized spacial score (nSPS) is 15.9. The van der Waals surface area contributed by atoms with Crippen LogP contribution < -0.4 is 0 Å². The van der Waals surface area contributed by atoms with E-state index in [4.69, 9.17) is 4.74 Å². The van der Waals surface area contributed by atoms with Gasteiger partial charge in [0.05, 0.1) is 0 Å². The molecule has 0 fully saturated rings. The molecule has 2 aromatic carbocycles. The van der Waals surface area contributed by atoms with Crippen LogP contribution in [0.3, 0.4) is 0 Å². The van der Waals surface area contributed by atoms with E-state index in [0.29, 0.717) is 11.5 Å². The second kappa shape index (κ2) is 6.16. The summed E-state index contributed by atoms with van der Waals surface area (Å²) in [7, 11) is 0. The Labute approximate surface area is 134 Å². The van der Waals surface area contributed by atoms with Crippen LogP contribution in [0.1, 0.15) is 36.5 Å². The van der Waals surface area contributed by atoms with Gasteiger partial charge in [0.15, 0.2) is 5.70 Å². The van der Waals surface area contributed by atoms with Crippen molar-refractivity contribution in [2.24, 2.45) is 4.99 Å². The first-order valence-corrected chi connectivity index (χ1v) is 7.41. The van der Waals surface area contributed by atoms with Crippen molar-refractivity contribution in [2.75, 3.05) is 0 Å². The molecule has 0 radical (unpaired) electrons. The van der Waals surface area contributed by atoms with Crippen LogP contribution in [-0.2, 0) is 9.53 Å². The fraction of sp³-hybridized carbons (Fsp3) is 0.158. The lowest BCUT2D eigenvalue weighted by Gasteiger charge is -2.04. The summed E-state index contributed by atoms with van der Waals surface area (Å²) in [6.07, 6.45) is 1.68. The molecule has 3 nitrogen and oxygen atoms in total. The molecule has 1 aliphatic rings. The molecular weight excluding hydrogens is 293 g/mol. The standard InChI is InChI=1S/C19H16FNO2/c1-12(2)14-5-3-13(4-6-14)11-17-19(22)23-18(21-17)15-7-9-16(20)10-8-15/h3-12H,1-2H3/b17-11+. The number of nitrogens with zero attached hydrogens (tertiary/aromatic N) is 1. The molecule has 116 valence electrons. The highest BCUT2D eigenvalue weighted by Crippen LogP contribution is 2.21. The minimum absolute atomic E-state index is 0.194. The molecule has 4 heteroatoms. The molecule has 0 unspecified atom stereocenters. The zero-order valence-electron chi connectivity index (χ0n) is 12.9. The number of carbonyl (C=O) groups excluding carboxylic acids is 1. The predicted octanol–water partition coefficient (Wildman–Crippen LogP) is 4.29. The van der Waals surface area contributed by atoms with Gasteiger partial charge in [-0.15, -0.1) is 0 Å². The molecule has 0 spiro atoms. The van der Waals surface area contributed by atoms with E-state index in [1.165, 1.54) is 29.8 Å². The van der Waals surface area contributed by atoms with Crippen molar-refractivity contribution in [3.63, 3.8) is 0 Å². The molecule has 23 heavy (non-hydrogen) atoms. The maximum Gasteiger partial charge on any atom is 0.363 e. The SMILES string of the molecule is CC(C)c1ccc(/C=C2/N=C(c3ccc(F)cc3)OC2=O)cc1. The number of carbonyl (C=O) groups is 1. The Bertz CT molecular complexity index is 787. The van der Waals surface area contributed by atoms with E-state index in [0.717, 1.165) is 5.56 Å². The third-order valence-corrected chi connectivity index (χ3v) is 3.62. The van der Waals surface area contributed by atoms with Gasteiger partial charge < -0.3 is 4.74 Å². The molecule has 1 heterocycles. The van der Waals surface area contributed by atoms with Crippen molar-refractivity contribution >= 4 is 17.9 Å². The summed E-state index contributed by atoms with van der Waals surface area (Å²) in [5.41, 5.74) is 2.92. The molecule has 0 N–H and O–H groups in total. The number of ether oxygens (including phenoxy) is 1. The first-order valence-electron chi connectivity index (χ1n) is 7.41. The van der Waals surface area contributed by atoms with Crippen molar-refractivity contribution < 1.29 is 13.9 Å². The topological polar surface area (TPSA) is 38.7 Å². The summed E-state index contributed by atoms with van der Waals surface area (Å²) in [5, 5.41) is 0. The van der Waals surface area contributed by atoms with Crippen LogP contribution in [0, 0.1) is 5.82 Å². The summed E-state index contributed by atoms with van der Waals surface area (Å²) < 4.78 is 18.1. The van der Waals surface area contributed by atoms with Crippen LogP contribution in [0.25, 0.3) is 6.08 Å². The monoisotopic (exact) mass is 309 g/mol. The number of cyclic esters (lactones) is 1. The molecule has 0 aliphatic carbocycles. The van der Waals surface area contributed by atoms with Crippen LogP contribution in [-0.4, -0.2) is 11.9 Å². The molecule has 0 saturated carbocycles. The van der Waals surface area contributed by atoms with Crippen LogP contribution in [0.15, 0.2) is 59.2 Å². The Balaban J connectivity index is 1.87. The third kappa shape index (κ3) is 3.37. The molecule has 0 aromatic heterocycles. The summed E-state index contributed by atoms with van der Waals surface area (Å²) in [5.74, 6) is -0.201. The van der Waals surface area contributed by atoms with Crippen LogP contribution in [0.4, 0.5) is 4.39 Å². The van der Waals surface area contributed by atoms with Crippen molar-refractivity contribution in [3.8, 4) is 0 Å². The van der Waals surface area contributed by atoms with Crippen LogP contribution in [0.5, 0.6) is 0 Å². The maximum atomic E-state index is 12.9. The number of aliphatic imine (C=N–C) groups is 1. The molecule has 1 aliphatic heterocycles. The van der Waals surface area contributed by atoms with Crippen molar-refractivity contribution in [1.82, 2.24) is 0 Å². The number of esters is 1. The Morgan fingerprint density at radius 1 is 1.04 bits per heavy atom. The first kappa shape index (κ1) is 15.2. The Kier molecular flexibility index (Phi) is 4.06. The maximum absolute atomic E-state index is 12.9. The largest absolute Gasteiger partial charge is 0.402 e. The smallest absolute Gasteiger partial charge is 0.363 e. The van der Waals surface area contributed by atoms with Crippen molar-refractivity contribution in [1.29, 1.82) is 0 Å². The minimum atomic E-state index is -0.503. The summed E-state index contributed by atoms with van der Waals surface area (Å²) >= 11 is 0. The van der Waals surface area contributed by atoms with Gasteiger partial charge in [0.25, 0.3) is 0 Å². The third-order valence-electron chi connectivity index (χ3n) is 3.62. The van der Waals surface area contributed by atoms with Gasteiger partial charge in [-0.25, -0.2) is 14.2 Å². The molecule has 0 atom stereocenters. The lowest BCUT2D eigenvalue weighted by atomic mass is 10.0. The van der Waals surface area contributed by atoms with Crippen molar-refractivity contribution in [3.05, 3.63) is 76.7 Å². The zero-order valence-corrected chi connectivity index (χ0v) is 12.9. The Morgan fingerprint density at radius 3 is 2.30 bits per heavy atom. The van der Waals surface area contributed by atoms with E-state index in [1.54, 1.807) is 6.08 Å². The van der Waals surface area contributed by atoms with Gasteiger partial charge in [0.1, 0.15) is 5.82 Å². The minimum Gasteiger partial charge on any atom is -0.402 e. The summed E-state index contributed by atoms with van der Waals surface area (Å²) in [6, 6.07) is 13.6. The average Bonchev–Trinajstić information content (AvgIpc) is 2.89. The molecule has 0 bridgehead atoms. The molecule has 0 amide bonds. The second-order valence-electron chi connectivity index (χ2n) is 5.66. The fourth-order valence-electron chi connectivity index (χ4n) is 2.26. The van der Waals surface area contributed by atoms with Gasteiger partial charge in [-0.3, -0.25) is 0 Å². The number of hydrogen-bond donors (Lipinski definition) is 0. The lowest BCUT2D eigenvalue weighted by Crippen LogP contribution is -2.05. The lowest BCUT2D eigenvalue weighted by molar-refractivity contribution is -0.129. The highest BCUT2D eigenvalue weighted by atomic mass is 19.1. The molecule has 2 aromatic rings. The highest BCUT2D eigenvalue weighted by Gasteiger charge is 2.24. The van der Waals surface area contributed by atoms with Crippen LogP contribution >= 0.6 is 0 Å². The van der Waals surface area contributed by atoms with E-state index < -0.39 is 5.97 Å². The summed E-state index contributed by atoms with van der Waals surface area (Å²) in [6.45, 7) is 4.25. The fourth-order valence-corrected chi connectivity index (χ4v) is 2.26. The van der Waals surface area contributed by atoms with Gasteiger partial charge >= 0.3 is 5.97 Å². The quantitative estimate of drug-likeness (QED) is 0.626. The van der Waals surface area contributed by atoms with Crippen LogP contribution in [0.2, 0.25) is 0 Å². The second-order valence-corrected chi connectivity index (χ2v) is 5.66. The Morgan fingerprint density at radius 2 is 1.70 bits per heavy atom. The first-order chi connectivity index (χ1) is 11.0. The molecule has 3 rings (SSSR count). The highest BCUT2D eigenvalue weighted by molar-refractivity contribution is 6.12. The average molecular weight is 309 g/mol. The van der Waals surface area contributed by atoms with E-state index in [1.807, 2.05) is 24.3 Å². The van der Waals surface area contributed by atoms with E-state index in [2.05, 4.69) is 18.8 Å². The zero-order chi connectivity index (χ0) is 16.4. The number of benzene rings is 2. The van der Waals surface area contributed by atoms with Gasteiger partial charge in [-0.2, -0.15) is 0 Å².